The second-order valence-electron chi connectivity index (χ2n) is 10.3. The number of carbonyl (C=O) groups excluding carboxylic acids is 2. The van der Waals surface area contributed by atoms with Gasteiger partial charge >= 0.3 is 6.18 Å². The van der Waals surface area contributed by atoms with Crippen LogP contribution in [0.1, 0.15) is 58.8 Å². The van der Waals surface area contributed by atoms with Gasteiger partial charge < -0.3 is 10.2 Å². The molecule has 1 saturated heterocycles. The molecule has 2 aromatic rings. The summed E-state index contributed by atoms with van der Waals surface area (Å²) >= 11 is 0. The van der Waals surface area contributed by atoms with Crippen LogP contribution in [0.2, 0.25) is 0 Å². The number of aryl methyl sites for hydroxylation is 1. The maximum Gasteiger partial charge on any atom is 0.416 e. The fourth-order valence-corrected chi connectivity index (χ4v) is 6.34. The largest absolute Gasteiger partial charge is 0.416 e. The van der Waals surface area contributed by atoms with E-state index in [1.165, 1.54) is 17.0 Å². The molecule has 4 atom stereocenters. The Morgan fingerprint density at radius 1 is 1.08 bits per heavy atom. The molecule has 1 heterocycles. The highest BCUT2D eigenvalue weighted by Crippen LogP contribution is 2.49. The second kappa shape index (κ2) is 8.82. The summed E-state index contributed by atoms with van der Waals surface area (Å²) in [5.41, 5.74) is -0.455. The third-order valence-electron chi connectivity index (χ3n) is 7.53. The standard InChI is InChI=1S/C26H26F4N2O4S/c1-13-3-4-15(11-22(13)37(2,35)36)25(34)32-20-9-16(20)10-21(32)24(33)31-23(14-5-6-14)18-8-7-17(12-19(18)27)26(28,29)30/h3-4,7-8,11-12,14,16,20-21,23H,5-6,9-10H2,1-2H3,(H,31,33)/t16-,20-,21-,23-/m1/s1. The average molecular weight is 539 g/mol. The van der Waals surface area contributed by atoms with Crippen molar-refractivity contribution in [3.63, 3.8) is 0 Å². The van der Waals surface area contributed by atoms with Crippen molar-refractivity contribution in [3.05, 3.63) is 64.5 Å². The molecule has 2 aromatic carbocycles. The molecule has 37 heavy (non-hydrogen) atoms. The Hall–Kier alpha value is -2.95. The minimum Gasteiger partial charge on any atom is -0.347 e. The molecule has 6 nitrogen and oxygen atoms in total. The second-order valence-corrected chi connectivity index (χ2v) is 12.3. The van der Waals surface area contributed by atoms with Gasteiger partial charge in [0, 0.05) is 23.4 Å². The number of hydrogen-bond donors (Lipinski definition) is 1. The van der Waals surface area contributed by atoms with E-state index < -0.39 is 51.3 Å². The van der Waals surface area contributed by atoms with E-state index in [2.05, 4.69) is 5.32 Å². The number of nitrogens with zero attached hydrogens (tertiary/aromatic N) is 1. The van der Waals surface area contributed by atoms with Gasteiger partial charge in [-0.1, -0.05) is 12.1 Å². The first-order valence-corrected chi connectivity index (χ1v) is 13.9. The molecule has 0 radical (unpaired) electrons. The zero-order valence-corrected chi connectivity index (χ0v) is 21.0. The first-order chi connectivity index (χ1) is 17.3. The van der Waals surface area contributed by atoms with Gasteiger partial charge in [0.2, 0.25) is 5.91 Å². The van der Waals surface area contributed by atoms with E-state index in [0.717, 1.165) is 24.8 Å². The van der Waals surface area contributed by atoms with Crippen LogP contribution in [-0.2, 0) is 20.8 Å². The van der Waals surface area contributed by atoms with Crippen LogP contribution in [0.15, 0.2) is 41.3 Å². The molecule has 0 spiro atoms. The Labute approximate surface area is 212 Å². The van der Waals surface area contributed by atoms with Crippen LogP contribution in [0, 0.1) is 24.6 Å². The van der Waals surface area contributed by atoms with Crippen molar-refractivity contribution >= 4 is 21.7 Å². The molecule has 2 aliphatic carbocycles. The molecule has 1 N–H and O–H groups in total. The lowest BCUT2D eigenvalue weighted by Crippen LogP contribution is -2.49. The van der Waals surface area contributed by atoms with E-state index in [9.17, 15) is 35.6 Å². The lowest BCUT2D eigenvalue weighted by atomic mass is 9.99. The van der Waals surface area contributed by atoms with Gasteiger partial charge in [0.25, 0.3) is 5.91 Å². The molecule has 0 aromatic heterocycles. The Kier molecular flexibility index (Phi) is 6.12. The molecule has 3 fully saturated rings. The lowest BCUT2D eigenvalue weighted by molar-refractivity contribution is -0.137. The number of benzene rings is 2. The number of nitrogens with one attached hydrogen (secondary N) is 1. The maximum absolute atomic E-state index is 14.7. The molecule has 198 valence electrons. The summed E-state index contributed by atoms with van der Waals surface area (Å²) < 4.78 is 78.0. The number of amides is 2. The lowest BCUT2D eigenvalue weighted by Gasteiger charge is -2.29. The fourth-order valence-electron chi connectivity index (χ4n) is 5.35. The summed E-state index contributed by atoms with van der Waals surface area (Å²) in [6.07, 6.45) is -1.08. The van der Waals surface area contributed by atoms with Crippen molar-refractivity contribution < 1.29 is 35.6 Å². The van der Waals surface area contributed by atoms with Crippen LogP contribution in [0.4, 0.5) is 17.6 Å². The van der Waals surface area contributed by atoms with Gasteiger partial charge in [-0.25, -0.2) is 12.8 Å². The third kappa shape index (κ3) is 4.97. The SMILES string of the molecule is Cc1ccc(C(=O)N2[C@@H](C(=O)N[C@@H](c3ccc(C(F)(F)F)cc3F)C3CC3)C[C@H]3C[C@H]32)cc1S(C)(=O)=O. The van der Waals surface area contributed by atoms with Crippen molar-refractivity contribution in [3.8, 4) is 0 Å². The number of carbonyl (C=O) groups is 2. The Bertz CT molecular complexity index is 1390. The molecule has 11 heteroatoms. The van der Waals surface area contributed by atoms with Gasteiger partial charge in [0.1, 0.15) is 11.9 Å². The van der Waals surface area contributed by atoms with Crippen LogP contribution >= 0.6 is 0 Å². The van der Waals surface area contributed by atoms with Gasteiger partial charge in [-0.3, -0.25) is 9.59 Å². The molecular weight excluding hydrogens is 512 g/mol. The zero-order chi connectivity index (χ0) is 26.9. The Morgan fingerprint density at radius 2 is 1.78 bits per heavy atom. The summed E-state index contributed by atoms with van der Waals surface area (Å²) in [5.74, 6) is -1.96. The third-order valence-corrected chi connectivity index (χ3v) is 8.77. The summed E-state index contributed by atoms with van der Waals surface area (Å²) in [5, 5.41) is 2.81. The summed E-state index contributed by atoms with van der Waals surface area (Å²) in [7, 11) is -3.57. The Balaban J connectivity index is 1.39. The van der Waals surface area contributed by atoms with E-state index in [1.54, 1.807) is 13.0 Å². The zero-order valence-electron chi connectivity index (χ0n) is 20.2. The van der Waals surface area contributed by atoms with Crippen molar-refractivity contribution in [2.24, 2.45) is 11.8 Å². The number of piperidine rings is 1. The maximum atomic E-state index is 14.7. The number of fused-ring (bicyclic) bond motifs is 1. The highest BCUT2D eigenvalue weighted by atomic mass is 32.2. The number of halogens is 4. The molecule has 0 bridgehead atoms. The van der Waals surface area contributed by atoms with Crippen LogP contribution in [-0.4, -0.2) is 43.5 Å². The van der Waals surface area contributed by atoms with E-state index in [-0.39, 0.29) is 33.9 Å². The number of alkyl halides is 3. The van der Waals surface area contributed by atoms with Crippen molar-refractivity contribution in [2.75, 3.05) is 6.26 Å². The summed E-state index contributed by atoms with van der Waals surface area (Å²) in [4.78, 5) is 28.4. The topological polar surface area (TPSA) is 83.6 Å². The van der Waals surface area contributed by atoms with E-state index >= 15 is 0 Å². The molecule has 0 unspecified atom stereocenters. The average Bonchev–Trinajstić information content (AvgIpc) is 3.74. The van der Waals surface area contributed by atoms with Crippen LogP contribution in [0.25, 0.3) is 0 Å². The highest BCUT2D eigenvalue weighted by molar-refractivity contribution is 7.90. The van der Waals surface area contributed by atoms with Gasteiger partial charge in [-0.05, 0) is 74.3 Å². The first-order valence-electron chi connectivity index (χ1n) is 12.1. The van der Waals surface area contributed by atoms with Crippen LogP contribution in [0.3, 0.4) is 0 Å². The first kappa shape index (κ1) is 25.7. The van der Waals surface area contributed by atoms with Gasteiger partial charge in [-0.15, -0.1) is 0 Å². The molecule has 3 aliphatic rings. The normalized spacial score (nSPS) is 23.9. The number of sulfone groups is 1. The predicted molar refractivity (Wildman–Crippen MR) is 126 cm³/mol. The molecule has 5 rings (SSSR count). The molecular formula is C26H26F4N2O4S. The number of rotatable bonds is 6. The molecule has 2 saturated carbocycles. The van der Waals surface area contributed by atoms with Gasteiger partial charge in [0.05, 0.1) is 16.5 Å². The van der Waals surface area contributed by atoms with E-state index in [0.29, 0.717) is 30.9 Å². The van der Waals surface area contributed by atoms with E-state index in [4.69, 9.17) is 0 Å². The smallest absolute Gasteiger partial charge is 0.347 e. The van der Waals surface area contributed by atoms with Crippen molar-refractivity contribution in [1.29, 1.82) is 0 Å². The molecule has 1 aliphatic heterocycles. The van der Waals surface area contributed by atoms with Crippen molar-refractivity contribution in [2.45, 2.75) is 61.8 Å². The van der Waals surface area contributed by atoms with Crippen molar-refractivity contribution in [1.82, 2.24) is 10.2 Å². The van der Waals surface area contributed by atoms with E-state index in [1.807, 2.05) is 0 Å². The quantitative estimate of drug-likeness (QED) is 0.552. The number of hydrogen-bond acceptors (Lipinski definition) is 4. The minimum absolute atomic E-state index is 0.0128. The van der Waals surface area contributed by atoms with Gasteiger partial charge in [0.15, 0.2) is 9.84 Å². The monoisotopic (exact) mass is 538 g/mol. The minimum atomic E-state index is -4.68. The van der Waals surface area contributed by atoms with Crippen LogP contribution in [0.5, 0.6) is 0 Å². The summed E-state index contributed by atoms with van der Waals surface area (Å²) in [6.45, 7) is 1.63. The fraction of sp³-hybridized carbons (Fsp3) is 0.462. The predicted octanol–water partition coefficient (Wildman–Crippen LogP) is 4.43. The Morgan fingerprint density at radius 3 is 2.38 bits per heavy atom. The molecule has 2 amide bonds. The number of likely N-dealkylation sites (tertiary alicyclic amines) is 1. The summed E-state index contributed by atoms with van der Waals surface area (Å²) in [6, 6.07) is 4.92. The van der Waals surface area contributed by atoms with Crippen LogP contribution < -0.4 is 5.32 Å². The highest BCUT2D eigenvalue weighted by Gasteiger charge is 2.56. The van der Waals surface area contributed by atoms with Gasteiger partial charge in [-0.2, -0.15) is 13.2 Å².